The van der Waals surface area contributed by atoms with E-state index in [9.17, 15) is 9.59 Å². The summed E-state index contributed by atoms with van der Waals surface area (Å²) >= 11 is 6.23. The minimum absolute atomic E-state index is 0.00788. The summed E-state index contributed by atoms with van der Waals surface area (Å²) in [7, 11) is 0. The lowest BCUT2D eigenvalue weighted by atomic mass is 10.1. The first kappa shape index (κ1) is 18.8. The second-order valence-electron chi connectivity index (χ2n) is 6.53. The lowest BCUT2D eigenvalue weighted by Gasteiger charge is -2.30. The largest absolute Gasteiger partial charge is 0.352 e. The summed E-state index contributed by atoms with van der Waals surface area (Å²) in [5.41, 5.74) is 0.865. The summed E-state index contributed by atoms with van der Waals surface area (Å²) in [5, 5.41) is 3.71. The second kappa shape index (κ2) is 9.07. The smallest absolute Gasteiger partial charge is 0.242 e. The van der Waals surface area contributed by atoms with Gasteiger partial charge in [-0.3, -0.25) is 9.59 Å². The van der Waals surface area contributed by atoms with Crippen LogP contribution in [0.2, 0.25) is 5.02 Å². The Morgan fingerprint density at radius 1 is 1.29 bits per heavy atom. The SMILES string of the molecule is CCCC(=O)N(Cc1ccccc1Cl)[C@@H](C)C(=O)NC1CCCC1. The maximum Gasteiger partial charge on any atom is 0.242 e. The molecule has 24 heavy (non-hydrogen) atoms. The molecule has 1 saturated carbocycles. The fourth-order valence-corrected chi connectivity index (χ4v) is 3.34. The van der Waals surface area contributed by atoms with Gasteiger partial charge in [0.1, 0.15) is 6.04 Å². The number of carbonyl (C=O) groups excluding carboxylic acids is 2. The van der Waals surface area contributed by atoms with Crippen LogP contribution in [0.15, 0.2) is 24.3 Å². The molecule has 0 bridgehead atoms. The molecular formula is C19H27ClN2O2. The lowest BCUT2D eigenvalue weighted by Crippen LogP contribution is -2.49. The molecule has 2 rings (SSSR count). The van der Waals surface area contributed by atoms with Gasteiger partial charge >= 0.3 is 0 Å². The van der Waals surface area contributed by atoms with Crippen molar-refractivity contribution in [3.63, 3.8) is 0 Å². The summed E-state index contributed by atoms with van der Waals surface area (Å²) in [5.74, 6) is -0.0788. The Kier molecular flexibility index (Phi) is 7.10. The van der Waals surface area contributed by atoms with Crippen molar-refractivity contribution >= 4 is 23.4 Å². The molecule has 1 aromatic rings. The Morgan fingerprint density at radius 3 is 2.58 bits per heavy atom. The van der Waals surface area contributed by atoms with Gasteiger partial charge in [0.2, 0.25) is 11.8 Å². The number of hydrogen-bond donors (Lipinski definition) is 1. The Morgan fingerprint density at radius 2 is 1.96 bits per heavy atom. The van der Waals surface area contributed by atoms with Crippen molar-refractivity contribution in [1.29, 1.82) is 0 Å². The van der Waals surface area contributed by atoms with Crippen molar-refractivity contribution in [3.05, 3.63) is 34.9 Å². The number of halogens is 1. The van der Waals surface area contributed by atoms with Crippen molar-refractivity contribution in [1.82, 2.24) is 10.2 Å². The number of carbonyl (C=O) groups is 2. The molecule has 4 nitrogen and oxygen atoms in total. The van der Waals surface area contributed by atoms with Gasteiger partial charge in [0.25, 0.3) is 0 Å². The van der Waals surface area contributed by atoms with Gasteiger partial charge in [-0.15, -0.1) is 0 Å². The zero-order valence-electron chi connectivity index (χ0n) is 14.6. The fourth-order valence-electron chi connectivity index (χ4n) is 3.14. The zero-order valence-corrected chi connectivity index (χ0v) is 15.3. The van der Waals surface area contributed by atoms with E-state index in [2.05, 4.69) is 5.32 Å². The molecule has 1 fully saturated rings. The average Bonchev–Trinajstić information content (AvgIpc) is 3.06. The number of nitrogens with zero attached hydrogens (tertiary/aromatic N) is 1. The van der Waals surface area contributed by atoms with Crippen molar-refractivity contribution < 1.29 is 9.59 Å². The van der Waals surface area contributed by atoms with Crippen molar-refractivity contribution in [2.45, 2.75) is 71.0 Å². The molecule has 5 heteroatoms. The summed E-state index contributed by atoms with van der Waals surface area (Å²) in [6.07, 6.45) is 5.59. The summed E-state index contributed by atoms with van der Waals surface area (Å²) in [6.45, 7) is 4.13. The van der Waals surface area contributed by atoms with Crippen LogP contribution in [0.3, 0.4) is 0 Å². The number of nitrogens with one attached hydrogen (secondary N) is 1. The third-order valence-electron chi connectivity index (χ3n) is 4.63. The van der Waals surface area contributed by atoms with Gasteiger partial charge in [0, 0.05) is 24.0 Å². The summed E-state index contributed by atoms with van der Waals surface area (Å²) in [4.78, 5) is 26.8. The molecule has 1 N–H and O–H groups in total. The van der Waals surface area contributed by atoms with Gasteiger partial charge < -0.3 is 10.2 Å². The van der Waals surface area contributed by atoms with Crippen LogP contribution in [0.4, 0.5) is 0 Å². The van der Waals surface area contributed by atoms with E-state index in [0.29, 0.717) is 18.0 Å². The van der Waals surface area contributed by atoms with E-state index in [-0.39, 0.29) is 17.9 Å². The van der Waals surface area contributed by atoms with Crippen molar-refractivity contribution in [2.24, 2.45) is 0 Å². The Balaban J connectivity index is 2.10. The minimum atomic E-state index is -0.499. The van der Waals surface area contributed by atoms with Crippen LogP contribution in [0.25, 0.3) is 0 Å². The Hall–Kier alpha value is -1.55. The molecule has 0 radical (unpaired) electrons. The topological polar surface area (TPSA) is 49.4 Å². The molecule has 1 atom stereocenters. The summed E-state index contributed by atoms with van der Waals surface area (Å²) in [6, 6.07) is 7.22. The van der Waals surface area contributed by atoms with Crippen LogP contribution in [0, 0.1) is 0 Å². The third-order valence-corrected chi connectivity index (χ3v) is 5.00. The van der Waals surface area contributed by atoms with Crippen LogP contribution in [-0.2, 0) is 16.1 Å². The fraction of sp³-hybridized carbons (Fsp3) is 0.579. The molecule has 0 saturated heterocycles. The maximum absolute atomic E-state index is 12.6. The predicted octanol–water partition coefficient (Wildman–Crippen LogP) is 3.92. The lowest BCUT2D eigenvalue weighted by molar-refractivity contribution is -0.140. The molecule has 1 aliphatic carbocycles. The minimum Gasteiger partial charge on any atom is -0.352 e. The first-order chi connectivity index (χ1) is 11.5. The van der Waals surface area contributed by atoms with Crippen LogP contribution in [-0.4, -0.2) is 28.8 Å². The van der Waals surface area contributed by atoms with Crippen LogP contribution in [0.5, 0.6) is 0 Å². The highest BCUT2D eigenvalue weighted by Crippen LogP contribution is 2.21. The molecule has 1 aromatic carbocycles. The zero-order chi connectivity index (χ0) is 17.5. The number of rotatable bonds is 7. The van der Waals surface area contributed by atoms with E-state index in [1.54, 1.807) is 11.8 Å². The molecule has 0 aliphatic heterocycles. The third kappa shape index (κ3) is 4.97. The predicted molar refractivity (Wildman–Crippen MR) is 96.8 cm³/mol. The highest BCUT2D eigenvalue weighted by molar-refractivity contribution is 6.31. The van der Waals surface area contributed by atoms with Gasteiger partial charge in [-0.05, 0) is 37.8 Å². The number of hydrogen-bond acceptors (Lipinski definition) is 2. The van der Waals surface area contributed by atoms with Crippen LogP contribution >= 0.6 is 11.6 Å². The van der Waals surface area contributed by atoms with E-state index >= 15 is 0 Å². The first-order valence-electron chi connectivity index (χ1n) is 8.86. The quantitative estimate of drug-likeness (QED) is 0.810. The van der Waals surface area contributed by atoms with Crippen LogP contribution in [0.1, 0.15) is 57.9 Å². The molecule has 0 spiro atoms. The van der Waals surface area contributed by atoms with Gasteiger partial charge in [0.15, 0.2) is 0 Å². The molecule has 1 aliphatic rings. The highest BCUT2D eigenvalue weighted by atomic mass is 35.5. The maximum atomic E-state index is 12.6. The van der Waals surface area contributed by atoms with Crippen LogP contribution < -0.4 is 5.32 Å². The van der Waals surface area contributed by atoms with Crippen molar-refractivity contribution in [2.75, 3.05) is 0 Å². The molecular weight excluding hydrogens is 324 g/mol. The number of benzene rings is 1. The van der Waals surface area contributed by atoms with Gasteiger partial charge in [-0.2, -0.15) is 0 Å². The molecule has 2 amide bonds. The summed E-state index contributed by atoms with van der Waals surface area (Å²) < 4.78 is 0. The Labute approximate surface area is 149 Å². The molecule has 132 valence electrons. The standard InChI is InChI=1S/C19H27ClN2O2/c1-3-8-18(23)22(13-15-9-4-7-12-17(15)20)14(2)19(24)21-16-10-5-6-11-16/h4,7,9,12,14,16H,3,5-6,8,10-11,13H2,1-2H3,(H,21,24)/t14-/m0/s1. The van der Waals surface area contributed by atoms with E-state index < -0.39 is 6.04 Å². The number of amides is 2. The van der Waals surface area contributed by atoms with Gasteiger partial charge in [-0.25, -0.2) is 0 Å². The Bertz CT molecular complexity index is 570. The molecule has 0 unspecified atom stereocenters. The molecule has 0 heterocycles. The first-order valence-corrected chi connectivity index (χ1v) is 9.24. The van der Waals surface area contributed by atoms with Crippen molar-refractivity contribution in [3.8, 4) is 0 Å². The van der Waals surface area contributed by atoms with Gasteiger partial charge in [0.05, 0.1) is 0 Å². The van der Waals surface area contributed by atoms with E-state index in [0.717, 1.165) is 37.7 Å². The second-order valence-corrected chi connectivity index (χ2v) is 6.94. The van der Waals surface area contributed by atoms with Gasteiger partial charge in [-0.1, -0.05) is 49.6 Å². The normalized spacial score (nSPS) is 16.0. The van der Waals surface area contributed by atoms with E-state index in [4.69, 9.17) is 11.6 Å². The molecule has 0 aromatic heterocycles. The van der Waals surface area contributed by atoms with E-state index in [1.807, 2.05) is 31.2 Å². The monoisotopic (exact) mass is 350 g/mol. The van der Waals surface area contributed by atoms with E-state index in [1.165, 1.54) is 0 Å². The highest BCUT2D eigenvalue weighted by Gasteiger charge is 2.28. The average molecular weight is 351 g/mol.